The monoisotopic (exact) mass is 246 g/mol. The van der Waals surface area contributed by atoms with Crippen LogP contribution in [-0.4, -0.2) is 37.6 Å². The fourth-order valence-corrected chi connectivity index (χ4v) is 2.98. The van der Waals surface area contributed by atoms with Crippen LogP contribution in [0.2, 0.25) is 0 Å². The van der Waals surface area contributed by atoms with E-state index in [0.29, 0.717) is 0 Å². The molecular formula is C16H26N2. The molecule has 2 heteroatoms. The maximum Gasteiger partial charge on any atom is 0.0108 e. The molecule has 0 radical (unpaired) electrons. The molecule has 0 amide bonds. The molecule has 1 aromatic rings. The molecule has 0 bridgehead atoms. The van der Waals surface area contributed by atoms with Gasteiger partial charge in [0.1, 0.15) is 0 Å². The summed E-state index contributed by atoms with van der Waals surface area (Å²) in [5.74, 6) is 0. The second-order valence-electron chi connectivity index (χ2n) is 6.23. The number of rotatable bonds is 3. The van der Waals surface area contributed by atoms with Crippen LogP contribution in [0.4, 0.5) is 0 Å². The fourth-order valence-electron chi connectivity index (χ4n) is 2.98. The molecular weight excluding hydrogens is 220 g/mol. The van der Waals surface area contributed by atoms with E-state index >= 15 is 0 Å². The van der Waals surface area contributed by atoms with Crippen molar-refractivity contribution >= 4 is 0 Å². The first kappa shape index (κ1) is 13.6. The molecule has 0 atom stereocenters. The van der Waals surface area contributed by atoms with Gasteiger partial charge in [0, 0.05) is 38.1 Å². The summed E-state index contributed by atoms with van der Waals surface area (Å²) in [5, 5.41) is 3.42. The first-order valence-corrected chi connectivity index (χ1v) is 7.00. The third-order valence-electron chi connectivity index (χ3n) is 3.95. The van der Waals surface area contributed by atoms with Crippen LogP contribution in [0.15, 0.2) is 18.2 Å². The van der Waals surface area contributed by atoms with Gasteiger partial charge in [0.05, 0.1) is 0 Å². The number of nitrogens with zero attached hydrogens (tertiary/aromatic N) is 1. The van der Waals surface area contributed by atoms with E-state index in [1.54, 1.807) is 0 Å². The van der Waals surface area contributed by atoms with Gasteiger partial charge in [0.25, 0.3) is 0 Å². The van der Waals surface area contributed by atoms with E-state index in [-0.39, 0.29) is 5.41 Å². The van der Waals surface area contributed by atoms with Crippen LogP contribution < -0.4 is 5.32 Å². The summed E-state index contributed by atoms with van der Waals surface area (Å²) < 4.78 is 0. The Morgan fingerprint density at radius 3 is 2.50 bits per heavy atom. The van der Waals surface area contributed by atoms with Gasteiger partial charge in [-0.15, -0.1) is 0 Å². The maximum absolute atomic E-state index is 3.42. The van der Waals surface area contributed by atoms with Crippen LogP contribution >= 0.6 is 0 Å². The molecule has 1 saturated heterocycles. The minimum absolute atomic E-state index is 0.230. The zero-order valence-electron chi connectivity index (χ0n) is 12.2. The smallest absolute Gasteiger partial charge is 0.0108 e. The van der Waals surface area contributed by atoms with Crippen LogP contribution in [0.1, 0.15) is 30.5 Å². The molecule has 1 fully saturated rings. The van der Waals surface area contributed by atoms with Gasteiger partial charge < -0.3 is 5.32 Å². The molecule has 1 aromatic carbocycles. The van der Waals surface area contributed by atoms with Crippen molar-refractivity contribution in [1.82, 2.24) is 10.2 Å². The lowest BCUT2D eigenvalue weighted by molar-refractivity contribution is 0.199. The fraction of sp³-hybridized carbons (Fsp3) is 0.625. The Morgan fingerprint density at radius 2 is 1.83 bits per heavy atom. The summed E-state index contributed by atoms with van der Waals surface area (Å²) in [6.07, 6.45) is 0. The molecule has 0 spiro atoms. The predicted octanol–water partition coefficient (Wildman–Crippen LogP) is 2.49. The first-order valence-electron chi connectivity index (χ1n) is 7.00. The molecule has 0 aliphatic carbocycles. The standard InChI is InChI=1S/C16H26N2/c1-13-5-6-14(2)15(11-13)16(3,4)12-18-9-7-17-8-10-18/h5-6,11,17H,7-10,12H2,1-4H3. The van der Waals surface area contributed by atoms with Crippen LogP contribution in [0.25, 0.3) is 0 Å². The molecule has 0 saturated carbocycles. The lowest BCUT2D eigenvalue weighted by Gasteiger charge is -2.36. The van der Waals surface area contributed by atoms with E-state index < -0.39 is 0 Å². The van der Waals surface area contributed by atoms with Crippen LogP contribution in [-0.2, 0) is 5.41 Å². The molecule has 100 valence electrons. The summed E-state index contributed by atoms with van der Waals surface area (Å²) in [6, 6.07) is 6.82. The van der Waals surface area contributed by atoms with Crippen LogP contribution in [0.3, 0.4) is 0 Å². The summed E-state index contributed by atoms with van der Waals surface area (Å²) in [5.41, 5.74) is 4.51. The summed E-state index contributed by atoms with van der Waals surface area (Å²) in [7, 11) is 0. The van der Waals surface area contributed by atoms with Gasteiger partial charge >= 0.3 is 0 Å². The molecule has 1 N–H and O–H groups in total. The minimum atomic E-state index is 0.230. The van der Waals surface area contributed by atoms with Crippen molar-refractivity contribution in [2.45, 2.75) is 33.1 Å². The summed E-state index contributed by atoms with van der Waals surface area (Å²) in [6.45, 7) is 14.9. The normalized spacial score (nSPS) is 18.0. The largest absolute Gasteiger partial charge is 0.314 e. The van der Waals surface area contributed by atoms with Gasteiger partial charge in [-0.3, -0.25) is 4.90 Å². The Hall–Kier alpha value is -0.860. The Bertz CT molecular complexity index is 404. The number of hydrogen-bond acceptors (Lipinski definition) is 2. The zero-order chi connectivity index (χ0) is 13.2. The van der Waals surface area contributed by atoms with Crippen LogP contribution in [0, 0.1) is 13.8 Å². The second kappa shape index (κ2) is 5.41. The Morgan fingerprint density at radius 1 is 1.17 bits per heavy atom. The average Bonchev–Trinajstić information content (AvgIpc) is 2.33. The topological polar surface area (TPSA) is 15.3 Å². The van der Waals surface area contributed by atoms with Crippen molar-refractivity contribution in [3.05, 3.63) is 34.9 Å². The van der Waals surface area contributed by atoms with E-state index in [1.807, 2.05) is 0 Å². The molecule has 2 rings (SSSR count). The first-order chi connectivity index (χ1) is 8.49. The average molecular weight is 246 g/mol. The van der Waals surface area contributed by atoms with E-state index in [0.717, 1.165) is 19.6 Å². The Labute approximate surface area is 111 Å². The third kappa shape index (κ3) is 3.12. The van der Waals surface area contributed by atoms with E-state index in [2.05, 4.69) is 56.1 Å². The maximum atomic E-state index is 3.42. The second-order valence-corrected chi connectivity index (χ2v) is 6.23. The highest BCUT2D eigenvalue weighted by atomic mass is 15.2. The Balaban J connectivity index is 2.15. The molecule has 0 unspecified atom stereocenters. The summed E-state index contributed by atoms with van der Waals surface area (Å²) >= 11 is 0. The van der Waals surface area contributed by atoms with Gasteiger partial charge in [-0.2, -0.15) is 0 Å². The quantitative estimate of drug-likeness (QED) is 0.881. The molecule has 2 nitrogen and oxygen atoms in total. The molecule has 0 aromatic heterocycles. The van der Waals surface area contributed by atoms with Crippen molar-refractivity contribution < 1.29 is 0 Å². The highest BCUT2D eigenvalue weighted by Crippen LogP contribution is 2.28. The summed E-state index contributed by atoms with van der Waals surface area (Å²) in [4.78, 5) is 2.58. The van der Waals surface area contributed by atoms with Crippen molar-refractivity contribution in [2.75, 3.05) is 32.7 Å². The minimum Gasteiger partial charge on any atom is -0.314 e. The number of piperazine rings is 1. The van der Waals surface area contributed by atoms with Crippen molar-refractivity contribution in [3.8, 4) is 0 Å². The lowest BCUT2D eigenvalue weighted by Crippen LogP contribution is -2.48. The highest BCUT2D eigenvalue weighted by molar-refractivity contribution is 5.36. The van der Waals surface area contributed by atoms with E-state index in [9.17, 15) is 0 Å². The van der Waals surface area contributed by atoms with Crippen molar-refractivity contribution in [2.24, 2.45) is 0 Å². The van der Waals surface area contributed by atoms with Crippen molar-refractivity contribution in [1.29, 1.82) is 0 Å². The number of benzene rings is 1. The van der Waals surface area contributed by atoms with Gasteiger partial charge in [-0.05, 0) is 25.0 Å². The highest BCUT2D eigenvalue weighted by Gasteiger charge is 2.26. The predicted molar refractivity (Wildman–Crippen MR) is 78.3 cm³/mol. The molecule has 1 heterocycles. The van der Waals surface area contributed by atoms with Gasteiger partial charge in [-0.1, -0.05) is 37.6 Å². The molecule has 1 aliphatic rings. The van der Waals surface area contributed by atoms with Gasteiger partial charge in [0.2, 0.25) is 0 Å². The van der Waals surface area contributed by atoms with Crippen LogP contribution in [0.5, 0.6) is 0 Å². The van der Waals surface area contributed by atoms with Crippen molar-refractivity contribution in [3.63, 3.8) is 0 Å². The van der Waals surface area contributed by atoms with Gasteiger partial charge in [-0.25, -0.2) is 0 Å². The zero-order valence-corrected chi connectivity index (χ0v) is 12.2. The number of aryl methyl sites for hydroxylation is 2. The van der Waals surface area contributed by atoms with Gasteiger partial charge in [0.15, 0.2) is 0 Å². The Kier molecular flexibility index (Phi) is 4.08. The number of nitrogens with one attached hydrogen (secondary N) is 1. The molecule has 18 heavy (non-hydrogen) atoms. The lowest BCUT2D eigenvalue weighted by atomic mass is 9.80. The SMILES string of the molecule is Cc1ccc(C)c(C(C)(C)CN2CCNCC2)c1. The molecule has 1 aliphatic heterocycles. The van der Waals surface area contributed by atoms with E-state index in [4.69, 9.17) is 0 Å². The number of hydrogen-bond donors (Lipinski definition) is 1. The van der Waals surface area contributed by atoms with E-state index in [1.165, 1.54) is 29.8 Å². The third-order valence-corrected chi connectivity index (χ3v) is 3.95.